The van der Waals surface area contributed by atoms with E-state index in [0.717, 1.165) is 5.56 Å². The van der Waals surface area contributed by atoms with Gasteiger partial charge in [0, 0.05) is 16.1 Å². The van der Waals surface area contributed by atoms with Crippen LogP contribution in [-0.2, 0) is 9.53 Å². The molecule has 0 amide bonds. The quantitative estimate of drug-likeness (QED) is 0.470. The average Bonchev–Trinajstić information content (AvgIpc) is 2.50. The van der Waals surface area contributed by atoms with E-state index in [1.165, 1.54) is 6.08 Å². The monoisotopic (exact) mass is 350 g/mol. The lowest BCUT2D eigenvalue weighted by molar-refractivity contribution is -0.137. The van der Waals surface area contributed by atoms with Gasteiger partial charge in [0.2, 0.25) is 0 Å². The van der Waals surface area contributed by atoms with Gasteiger partial charge in [-0.05, 0) is 42.8 Å². The van der Waals surface area contributed by atoms with Gasteiger partial charge in [0.1, 0.15) is 0 Å². The summed E-state index contributed by atoms with van der Waals surface area (Å²) in [5, 5.41) is 4.28. The van der Waals surface area contributed by atoms with E-state index in [1.807, 2.05) is 0 Å². The van der Waals surface area contributed by atoms with E-state index in [9.17, 15) is 4.79 Å². The summed E-state index contributed by atoms with van der Waals surface area (Å²) in [6, 6.07) is 12.2. The Balaban J connectivity index is 2.37. The van der Waals surface area contributed by atoms with Crippen LogP contribution in [0, 0.1) is 0 Å². The molecule has 0 aliphatic rings. The molecule has 0 atom stereocenters. The fourth-order valence-corrected chi connectivity index (χ4v) is 2.22. The Morgan fingerprint density at radius 1 is 1.17 bits per heavy atom. The number of hydrogen-bond donors (Lipinski definition) is 2. The number of nitrogens with one attached hydrogen (secondary N) is 1. The smallest absolute Gasteiger partial charge is 0.332 e. The fraction of sp³-hybridized carbons (Fsp3) is 0.118. The number of esters is 1. The molecule has 0 aromatic heterocycles. The van der Waals surface area contributed by atoms with Gasteiger partial charge in [0.15, 0.2) is 0 Å². The summed E-state index contributed by atoms with van der Waals surface area (Å²) in [4.78, 5) is 11.8. The van der Waals surface area contributed by atoms with Crippen LogP contribution in [-0.4, -0.2) is 12.6 Å². The van der Waals surface area contributed by atoms with Crippen molar-refractivity contribution in [2.45, 2.75) is 6.92 Å². The number of hydrogen-bond acceptors (Lipinski definition) is 4. The molecule has 2 rings (SSSR count). The molecule has 0 fully saturated rings. The third-order valence-electron chi connectivity index (χ3n) is 2.99. The van der Waals surface area contributed by atoms with E-state index in [1.54, 1.807) is 49.4 Å². The zero-order valence-electron chi connectivity index (χ0n) is 12.5. The lowest BCUT2D eigenvalue weighted by Crippen LogP contribution is -2.07. The predicted octanol–water partition coefficient (Wildman–Crippen LogP) is 4.59. The SMILES string of the molecule is CCOC(=O)/C=C(/Nc1ccc(Cl)cc1N)c1ccc(Cl)cc1. The van der Waals surface area contributed by atoms with E-state index in [2.05, 4.69) is 5.32 Å². The molecular weight excluding hydrogens is 335 g/mol. The number of halogens is 2. The number of nitrogens with two attached hydrogens (primary N) is 1. The summed E-state index contributed by atoms with van der Waals surface area (Å²) in [6.07, 6.45) is 1.38. The van der Waals surface area contributed by atoms with E-state index >= 15 is 0 Å². The zero-order chi connectivity index (χ0) is 16.8. The largest absolute Gasteiger partial charge is 0.463 e. The number of carbonyl (C=O) groups is 1. The average molecular weight is 351 g/mol. The minimum atomic E-state index is -0.447. The predicted molar refractivity (Wildman–Crippen MR) is 95.5 cm³/mol. The van der Waals surface area contributed by atoms with Crippen molar-refractivity contribution in [2.75, 3.05) is 17.7 Å². The van der Waals surface area contributed by atoms with Gasteiger partial charge in [-0.2, -0.15) is 0 Å². The van der Waals surface area contributed by atoms with Crippen LogP contribution in [0.15, 0.2) is 48.5 Å². The summed E-state index contributed by atoms with van der Waals surface area (Å²) in [6.45, 7) is 2.05. The van der Waals surface area contributed by atoms with Crippen molar-refractivity contribution >= 4 is 46.2 Å². The minimum Gasteiger partial charge on any atom is -0.463 e. The third-order valence-corrected chi connectivity index (χ3v) is 3.47. The van der Waals surface area contributed by atoms with Crippen LogP contribution < -0.4 is 11.1 Å². The number of rotatable bonds is 5. The van der Waals surface area contributed by atoms with Gasteiger partial charge in [-0.1, -0.05) is 35.3 Å². The molecule has 0 saturated heterocycles. The zero-order valence-corrected chi connectivity index (χ0v) is 14.0. The standard InChI is InChI=1S/C17H16Cl2N2O2/c1-2-23-17(22)10-16(11-3-5-12(18)6-4-11)21-15-8-7-13(19)9-14(15)20/h3-10,21H,2,20H2,1H3/b16-10+. The lowest BCUT2D eigenvalue weighted by Gasteiger charge is -2.14. The maximum atomic E-state index is 11.8. The van der Waals surface area contributed by atoms with Gasteiger partial charge in [-0.3, -0.25) is 0 Å². The van der Waals surface area contributed by atoms with Crippen LogP contribution in [0.1, 0.15) is 12.5 Å². The van der Waals surface area contributed by atoms with Gasteiger partial charge in [-0.15, -0.1) is 0 Å². The molecule has 0 unspecified atom stereocenters. The van der Waals surface area contributed by atoms with E-state index in [0.29, 0.717) is 33.7 Å². The van der Waals surface area contributed by atoms with E-state index < -0.39 is 5.97 Å². The Morgan fingerprint density at radius 3 is 2.43 bits per heavy atom. The first kappa shape index (κ1) is 17.2. The molecular formula is C17H16Cl2N2O2. The van der Waals surface area contributed by atoms with Crippen molar-refractivity contribution in [1.82, 2.24) is 0 Å². The molecule has 3 N–H and O–H groups in total. The number of ether oxygens (including phenoxy) is 1. The Kier molecular flexibility index (Phi) is 5.90. The van der Waals surface area contributed by atoms with Gasteiger partial charge in [0.05, 0.1) is 23.7 Å². The molecule has 0 heterocycles. The molecule has 0 spiro atoms. The Hall–Kier alpha value is -2.17. The molecule has 120 valence electrons. The molecule has 23 heavy (non-hydrogen) atoms. The second-order valence-corrected chi connectivity index (χ2v) is 5.55. The normalized spacial score (nSPS) is 11.2. The Labute approximate surface area is 144 Å². The van der Waals surface area contributed by atoms with Crippen molar-refractivity contribution in [3.05, 3.63) is 64.1 Å². The second kappa shape index (κ2) is 7.90. The molecule has 0 radical (unpaired) electrons. The molecule has 0 aliphatic carbocycles. The summed E-state index contributed by atoms with van der Waals surface area (Å²) in [7, 11) is 0. The maximum absolute atomic E-state index is 11.8. The van der Waals surface area contributed by atoms with Gasteiger partial charge in [0.25, 0.3) is 0 Å². The molecule has 2 aromatic carbocycles. The highest BCUT2D eigenvalue weighted by Gasteiger charge is 2.09. The van der Waals surface area contributed by atoms with E-state index in [4.69, 9.17) is 33.7 Å². The van der Waals surface area contributed by atoms with Gasteiger partial charge in [-0.25, -0.2) is 4.79 Å². The molecule has 6 heteroatoms. The molecule has 0 aliphatic heterocycles. The second-order valence-electron chi connectivity index (χ2n) is 4.67. The first-order valence-corrected chi connectivity index (χ1v) is 7.71. The number of nitrogen functional groups attached to an aromatic ring is 1. The van der Waals surface area contributed by atoms with Crippen molar-refractivity contribution in [2.24, 2.45) is 0 Å². The van der Waals surface area contributed by atoms with Crippen LogP contribution in [0.25, 0.3) is 5.70 Å². The lowest BCUT2D eigenvalue weighted by atomic mass is 10.1. The van der Waals surface area contributed by atoms with Crippen LogP contribution in [0.2, 0.25) is 10.0 Å². The highest BCUT2D eigenvalue weighted by Crippen LogP contribution is 2.27. The van der Waals surface area contributed by atoms with Crippen LogP contribution in [0.5, 0.6) is 0 Å². The minimum absolute atomic E-state index is 0.298. The number of benzene rings is 2. The highest BCUT2D eigenvalue weighted by atomic mass is 35.5. The Morgan fingerprint density at radius 2 is 1.83 bits per heavy atom. The first-order chi connectivity index (χ1) is 11.0. The third kappa shape index (κ3) is 4.91. The Bertz CT molecular complexity index is 728. The van der Waals surface area contributed by atoms with Gasteiger partial charge < -0.3 is 15.8 Å². The molecule has 2 aromatic rings. The summed E-state index contributed by atoms with van der Waals surface area (Å²) < 4.78 is 4.97. The highest BCUT2D eigenvalue weighted by molar-refractivity contribution is 6.31. The fourth-order valence-electron chi connectivity index (χ4n) is 1.92. The van der Waals surface area contributed by atoms with Crippen LogP contribution in [0.3, 0.4) is 0 Å². The summed E-state index contributed by atoms with van der Waals surface area (Å²) in [5.74, 6) is -0.447. The summed E-state index contributed by atoms with van der Waals surface area (Å²) >= 11 is 11.8. The van der Waals surface area contributed by atoms with E-state index in [-0.39, 0.29) is 0 Å². The van der Waals surface area contributed by atoms with Crippen molar-refractivity contribution < 1.29 is 9.53 Å². The van der Waals surface area contributed by atoms with Crippen molar-refractivity contribution in [1.29, 1.82) is 0 Å². The molecule has 0 bridgehead atoms. The molecule has 0 saturated carbocycles. The van der Waals surface area contributed by atoms with Crippen molar-refractivity contribution in [3.63, 3.8) is 0 Å². The number of anilines is 2. The molecule has 4 nitrogen and oxygen atoms in total. The maximum Gasteiger partial charge on any atom is 0.332 e. The van der Waals surface area contributed by atoms with Crippen LogP contribution in [0.4, 0.5) is 11.4 Å². The van der Waals surface area contributed by atoms with Crippen molar-refractivity contribution in [3.8, 4) is 0 Å². The van der Waals surface area contributed by atoms with Gasteiger partial charge >= 0.3 is 5.97 Å². The summed E-state index contributed by atoms with van der Waals surface area (Å²) in [5.41, 5.74) is 8.39. The first-order valence-electron chi connectivity index (χ1n) is 6.96. The number of carbonyl (C=O) groups excluding carboxylic acids is 1. The van der Waals surface area contributed by atoms with Crippen LogP contribution >= 0.6 is 23.2 Å². The topological polar surface area (TPSA) is 64.3 Å².